The zero-order chi connectivity index (χ0) is 21.0. The van der Waals surface area contributed by atoms with E-state index >= 15 is 0 Å². The molecule has 2 rings (SSSR count). The van der Waals surface area contributed by atoms with Crippen LogP contribution in [0.5, 0.6) is 0 Å². The molecule has 28 heavy (non-hydrogen) atoms. The van der Waals surface area contributed by atoms with Crippen LogP contribution >= 0.6 is 22.6 Å². The van der Waals surface area contributed by atoms with E-state index in [0.717, 1.165) is 8.78 Å². The molecule has 0 spiro atoms. The summed E-state index contributed by atoms with van der Waals surface area (Å²) < 4.78 is 0.970. The second kappa shape index (κ2) is 9.12. The molecular weight excluding hydrogens is 487 g/mol. The molecular formula is C24H31IOSi2. The lowest BCUT2D eigenvalue weighted by Crippen LogP contribution is -2.66. The fourth-order valence-electron chi connectivity index (χ4n) is 3.77. The topological polar surface area (TPSA) is 20.2 Å². The fourth-order valence-corrected chi connectivity index (χ4v) is 11.3. The fraction of sp³-hybridized carbons (Fsp3) is 0.333. The Morgan fingerprint density at radius 3 is 1.64 bits per heavy atom. The summed E-state index contributed by atoms with van der Waals surface area (Å²) >= 11 is 2.32. The van der Waals surface area contributed by atoms with E-state index in [1.165, 1.54) is 10.4 Å². The monoisotopic (exact) mass is 518 g/mol. The lowest BCUT2D eigenvalue weighted by molar-refractivity contribution is 0.341. The predicted molar refractivity (Wildman–Crippen MR) is 137 cm³/mol. The third-order valence-electron chi connectivity index (χ3n) is 4.89. The van der Waals surface area contributed by atoms with E-state index < -0.39 is 16.1 Å². The largest absolute Gasteiger partial charge is 0.391 e. The van der Waals surface area contributed by atoms with Gasteiger partial charge < -0.3 is 5.11 Å². The van der Waals surface area contributed by atoms with E-state index in [4.69, 9.17) is 0 Å². The minimum absolute atomic E-state index is 0.0231. The Balaban J connectivity index is 3.03. The molecule has 0 aliphatic heterocycles. The lowest BCUT2D eigenvalue weighted by atomic mass is 10.2. The first-order chi connectivity index (χ1) is 13.0. The Morgan fingerprint density at radius 1 is 0.893 bits per heavy atom. The van der Waals surface area contributed by atoms with E-state index in [9.17, 15) is 5.11 Å². The van der Waals surface area contributed by atoms with Gasteiger partial charge in [0.15, 0.2) is 8.07 Å². The van der Waals surface area contributed by atoms with Crippen molar-refractivity contribution in [2.24, 2.45) is 0 Å². The van der Waals surface area contributed by atoms with Crippen LogP contribution in [0.4, 0.5) is 0 Å². The van der Waals surface area contributed by atoms with Crippen LogP contribution in [0, 0.1) is 11.5 Å². The molecule has 1 nitrogen and oxygen atoms in total. The van der Waals surface area contributed by atoms with Crippen LogP contribution in [-0.2, 0) is 0 Å². The van der Waals surface area contributed by atoms with Crippen LogP contribution in [0.2, 0.25) is 24.7 Å². The molecule has 0 saturated heterocycles. The molecule has 0 bridgehead atoms. The highest BCUT2D eigenvalue weighted by atomic mass is 127. The van der Waals surface area contributed by atoms with Crippen molar-refractivity contribution < 1.29 is 5.11 Å². The number of allylic oxidation sites excluding steroid dienone is 1. The number of aliphatic hydroxyl groups is 1. The SMILES string of the molecule is CC(C)(C)[Si](/C(C#C[Si](C)(C)C)=C(\I)CO)(c1ccccc1)c1ccccc1. The normalized spacial score (nSPS) is 13.4. The molecule has 0 saturated carbocycles. The summed E-state index contributed by atoms with van der Waals surface area (Å²) in [6.45, 7) is 13.8. The first-order valence-electron chi connectivity index (χ1n) is 9.68. The second-order valence-corrected chi connectivity index (χ2v) is 19.9. The molecule has 0 aliphatic carbocycles. The maximum absolute atomic E-state index is 10.2. The Hall–Kier alpha value is -1.14. The number of rotatable bonds is 4. The first kappa shape index (κ1) is 23.1. The highest BCUT2D eigenvalue weighted by Crippen LogP contribution is 2.42. The van der Waals surface area contributed by atoms with E-state index in [1.807, 2.05) is 0 Å². The number of halogens is 1. The second-order valence-electron chi connectivity index (χ2n) is 9.17. The number of benzene rings is 2. The van der Waals surface area contributed by atoms with Crippen LogP contribution in [0.1, 0.15) is 20.8 Å². The summed E-state index contributed by atoms with van der Waals surface area (Å²) in [5.41, 5.74) is 3.60. The molecule has 0 atom stereocenters. The average molecular weight is 519 g/mol. The summed E-state index contributed by atoms with van der Waals surface area (Å²) in [5.74, 6) is 3.64. The molecule has 2 aromatic rings. The molecule has 0 radical (unpaired) electrons. The maximum atomic E-state index is 10.2. The van der Waals surface area contributed by atoms with E-state index in [-0.39, 0.29) is 11.6 Å². The summed E-state index contributed by atoms with van der Waals surface area (Å²) in [4.78, 5) is 0. The Kier molecular flexibility index (Phi) is 7.54. The van der Waals surface area contributed by atoms with Gasteiger partial charge in [-0.25, -0.2) is 0 Å². The third-order valence-corrected chi connectivity index (χ3v) is 13.0. The van der Waals surface area contributed by atoms with Crippen LogP contribution in [-0.4, -0.2) is 27.9 Å². The zero-order valence-corrected chi connectivity index (χ0v) is 22.0. The lowest BCUT2D eigenvalue weighted by Gasteiger charge is -2.45. The van der Waals surface area contributed by atoms with Crippen molar-refractivity contribution in [1.29, 1.82) is 0 Å². The van der Waals surface area contributed by atoms with Gasteiger partial charge in [-0.3, -0.25) is 0 Å². The van der Waals surface area contributed by atoms with Gasteiger partial charge in [-0.05, 0) is 38.0 Å². The van der Waals surface area contributed by atoms with Gasteiger partial charge in [0, 0.05) is 8.78 Å². The van der Waals surface area contributed by atoms with Gasteiger partial charge in [-0.15, -0.1) is 5.54 Å². The Morgan fingerprint density at radius 2 is 1.32 bits per heavy atom. The molecule has 0 heterocycles. The van der Waals surface area contributed by atoms with Crippen molar-refractivity contribution in [3.63, 3.8) is 0 Å². The van der Waals surface area contributed by atoms with Crippen molar-refractivity contribution in [3.05, 3.63) is 69.4 Å². The minimum atomic E-state index is -2.50. The molecule has 4 heteroatoms. The minimum Gasteiger partial charge on any atom is -0.391 e. The predicted octanol–water partition coefficient (Wildman–Crippen LogP) is 5.15. The first-order valence-corrected chi connectivity index (χ1v) is 16.3. The van der Waals surface area contributed by atoms with Gasteiger partial charge in [-0.2, -0.15) is 0 Å². The number of aliphatic hydroxyl groups excluding tert-OH is 1. The summed E-state index contributed by atoms with van der Waals surface area (Å²) in [7, 11) is -4.08. The van der Waals surface area contributed by atoms with Crippen LogP contribution in [0.25, 0.3) is 0 Å². The van der Waals surface area contributed by atoms with E-state index in [1.54, 1.807) is 0 Å². The quantitative estimate of drug-likeness (QED) is 0.337. The summed E-state index contributed by atoms with van der Waals surface area (Å²) in [6, 6.07) is 21.7. The van der Waals surface area contributed by atoms with Crippen molar-refractivity contribution in [3.8, 4) is 11.5 Å². The summed E-state index contributed by atoms with van der Waals surface area (Å²) in [5, 5.41) is 14.0. The van der Waals surface area contributed by atoms with Gasteiger partial charge in [0.25, 0.3) is 0 Å². The highest BCUT2D eigenvalue weighted by molar-refractivity contribution is 14.1. The van der Waals surface area contributed by atoms with Crippen molar-refractivity contribution in [1.82, 2.24) is 0 Å². The van der Waals surface area contributed by atoms with E-state index in [0.29, 0.717) is 0 Å². The molecule has 0 unspecified atom stereocenters. The van der Waals surface area contributed by atoms with Crippen LogP contribution in [0.15, 0.2) is 69.4 Å². The Bertz CT molecular complexity index is 840. The summed E-state index contributed by atoms with van der Waals surface area (Å²) in [6.07, 6.45) is 0. The molecule has 0 aliphatic rings. The van der Waals surface area contributed by atoms with E-state index in [2.05, 4.69) is 135 Å². The molecule has 0 amide bonds. The van der Waals surface area contributed by atoms with Crippen molar-refractivity contribution in [2.75, 3.05) is 6.61 Å². The van der Waals surface area contributed by atoms with Crippen molar-refractivity contribution >= 4 is 49.1 Å². The molecule has 1 N–H and O–H groups in total. The molecule has 2 aromatic carbocycles. The zero-order valence-electron chi connectivity index (χ0n) is 17.8. The molecule has 148 valence electrons. The smallest absolute Gasteiger partial charge is 0.164 e. The van der Waals surface area contributed by atoms with Crippen LogP contribution in [0.3, 0.4) is 0 Å². The van der Waals surface area contributed by atoms with Gasteiger partial charge in [-0.1, -0.05) is 107 Å². The molecule has 0 aromatic heterocycles. The molecule has 0 fully saturated rings. The maximum Gasteiger partial charge on any atom is 0.164 e. The Labute approximate surface area is 186 Å². The van der Waals surface area contributed by atoms with Crippen LogP contribution < -0.4 is 10.4 Å². The highest BCUT2D eigenvalue weighted by Gasteiger charge is 2.51. The average Bonchev–Trinajstić information content (AvgIpc) is 2.64. The third kappa shape index (κ3) is 4.88. The van der Waals surface area contributed by atoms with Gasteiger partial charge in [0.2, 0.25) is 0 Å². The number of hydrogen-bond acceptors (Lipinski definition) is 1. The van der Waals surface area contributed by atoms with Gasteiger partial charge >= 0.3 is 0 Å². The van der Waals surface area contributed by atoms with Gasteiger partial charge in [0.1, 0.15) is 8.07 Å². The van der Waals surface area contributed by atoms with Gasteiger partial charge in [0.05, 0.1) is 6.61 Å². The van der Waals surface area contributed by atoms with Crippen molar-refractivity contribution in [2.45, 2.75) is 45.5 Å². The standard InChI is InChI=1S/C24H31IOSi2/c1-24(2,3)28(20-13-9-7-10-14-20,21-15-11-8-12-16-21)23(22(25)19-26)17-18-27(4,5)6/h7-16,26H,19H2,1-6H3/b23-22-. The number of hydrogen-bond donors (Lipinski definition) is 1.